The first-order chi connectivity index (χ1) is 12.1. The standard InChI is InChI=1S/C18H26N2O3S2/c1-3-9-19-17(22)13(2)20-16(21)12-23-15-7-5-14(6-8-15)18-24-10-4-11-25-18/h5-8,13,18H,3-4,9-12H2,1-2H3,(H,19,22)(H,20,21). The second kappa shape index (κ2) is 10.6. The van der Waals surface area contributed by atoms with Gasteiger partial charge >= 0.3 is 0 Å². The Morgan fingerprint density at radius 2 is 1.92 bits per heavy atom. The Hall–Kier alpha value is -1.34. The molecule has 0 bridgehead atoms. The minimum absolute atomic E-state index is 0.0995. The van der Waals surface area contributed by atoms with E-state index in [0.29, 0.717) is 16.9 Å². The van der Waals surface area contributed by atoms with Gasteiger partial charge in [-0.3, -0.25) is 9.59 Å². The van der Waals surface area contributed by atoms with Crippen molar-refractivity contribution in [3.63, 3.8) is 0 Å². The van der Waals surface area contributed by atoms with Crippen LogP contribution in [0.2, 0.25) is 0 Å². The fourth-order valence-corrected chi connectivity index (χ4v) is 5.19. The van der Waals surface area contributed by atoms with Gasteiger partial charge in [0.2, 0.25) is 5.91 Å². The molecule has 2 rings (SSSR count). The van der Waals surface area contributed by atoms with Crippen LogP contribution >= 0.6 is 23.5 Å². The smallest absolute Gasteiger partial charge is 0.258 e. The zero-order chi connectivity index (χ0) is 18.1. The van der Waals surface area contributed by atoms with Crippen molar-refractivity contribution >= 4 is 35.3 Å². The summed E-state index contributed by atoms with van der Waals surface area (Å²) in [6.07, 6.45) is 2.14. The second-order valence-electron chi connectivity index (χ2n) is 5.87. The predicted octanol–water partition coefficient (Wildman–Crippen LogP) is 2.97. The van der Waals surface area contributed by atoms with Crippen LogP contribution in [-0.4, -0.2) is 42.5 Å². The Bertz CT molecular complexity index is 560. The average Bonchev–Trinajstić information content (AvgIpc) is 2.65. The van der Waals surface area contributed by atoms with Gasteiger partial charge in [-0.2, -0.15) is 0 Å². The summed E-state index contributed by atoms with van der Waals surface area (Å²) < 4.78 is 6.01. The molecule has 0 radical (unpaired) electrons. The van der Waals surface area contributed by atoms with Gasteiger partial charge in [-0.1, -0.05) is 19.1 Å². The largest absolute Gasteiger partial charge is 0.484 e. The molecule has 0 aliphatic carbocycles. The van der Waals surface area contributed by atoms with Crippen molar-refractivity contribution in [1.29, 1.82) is 0 Å². The first-order valence-electron chi connectivity index (χ1n) is 8.63. The van der Waals surface area contributed by atoms with Gasteiger partial charge < -0.3 is 15.4 Å². The fraction of sp³-hybridized carbons (Fsp3) is 0.556. The molecule has 2 N–H and O–H groups in total. The number of benzene rings is 1. The van der Waals surface area contributed by atoms with Crippen molar-refractivity contribution < 1.29 is 14.3 Å². The number of hydrogen-bond donors (Lipinski definition) is 2. The minimum atomic E-state index is -0.564. The van der Waals surface area contributed by atoms with Crippen molar-refractivity contribution in [2.45, 2.75) is 37.3 Å². The molecule has 7 heteroatoms. The van der Waals surface area contributed by atoms with Gasteiger partial charge in [0.05, 0.1) is 4.58 Å². The van der Waals surface area contributed by atoms with Crippen LogP contribution in [-0.2, 0) is 9.59 Å². The molecule has 0 spiro atoms. The van der Waals surface area contributed by atoms with E-state index in [0.717, 1.165) is 6.42 Å². The van der Waals surface area contributed by atoms with Crippen LogP contribution < -0.4 is 15.4 Å². The summed E-state index contributed by atoms with van der Waals surface area (Å²) in [4.78, 5) is 23.6. The summed E-state index contributed by atoms with van der Waals surface area (Å²) in [5, 5.41) is 5.39. The zero-order valence-corrected chi connectivity index (χ0v) is 16.4. The van der Waals surface area contributed by atoms with Crippen molar-refractivity contribution in [2.75, 3.05) is 24.7 Å². The van der Waals surface area contributed by atoms with Crippen LogP contribution in [0, 0.1) is 0 Å². The highest BCUT2D eigenvalue weighted by atomic mass is 32.2. The fourth-order valence-electron chi connectivity index (χ4n) is 2.30. The van der Waals surface area contributed by atoms with Gasteiger partial charge in [-0.05, 0) is 49.0 Å². The van der Waals surface area contributed by atoms with E-state index in [2.05, 4.69) is 22.8 Å². The van der Waals surface area contributed by atoms with E-state index in [9.17, 15) is 9.59 Å². The monoisotopic (exact) mass is 382 g/mol. The molecule has 1 fully saturated rings. The predicted molar refractivity (Wildman–Crippen MR) is 105 cm³/mol. The first-order valence-corrected chi connectivity index (χ1v) is 10.7. The lowest BCUT2D eigenvalue weighted by atomic mass is 10.2. The van der Waals surface area contributed by atoms with Gasteiger partial charge in [0, 0.05) is 6.54 Å². The van der Waals surface area contributed by atoms with Gasteiger partial charge in [-0.15, -0.1) is 23.5 Å². The molecule has 1 unspecified atom stereocenters. The summed E-state index contributed by atoms with van der Waals surface area (Å²) in [6.45, 7) is 4.16. The number of rotatable bonds is 8. The van der Waals surface area contributed by atoms with Crippen LogP contribution in [0.15, 0.2) is 24.3 Å². The molecule has 1 saturated heterocycles. The molecule has 0 saturated carbocycles. The number of ether oxygens (including phenoxy) is 1. The van der Waals surface area contributed by atoms with E-state index in [4.69, 9.17) is 4.74 Å². The van der Waals surface area contributed by atoms with Gasteiger partial charge in [-0.25, -0.2) is 0 Å². The van der Waals surface area contributed by atoms with E-state index < -0.39 is 6.04 Å². The van der Waals surface area contributed by atoms with Gasteiger partial charge in [0.25, 0.3) is 5.91 Å². The highest BCUT2D eigenvalue weighted by Crippen LogP contribution is 2.43. The van der Waals surface area contributed by atoms with Crippen molar-refractivity contribution in [3.05, 3.63) is 29.8 Å². The highest BCUT2D eigenvalue weighted by Gasteiger charge is 2.17. The van der Waals surface area contributed by atoms with Gasteiger partial charge in [0.15, 0.2) is 6.61 Å². The van der Waals surface area contributed by atoms with Crippen LogP contribution in [0.25, 0.3) is 0 Å². The molecule has 1 aliphatic heterocycles. The summed E-state index contributed by atoms with van der Waals surface area (Å²) in [6, 6.07) is 7.35. The highest BCUT2D eigenvalue weighted by molar-refractivity contribution is 8.16. The van der Waals surface area contributed by atoms with E-state index >= 15 is 0 Å². The molecule has 0 aromatic heterocycles. The summed E-state index contributed by atoms with van der Waals surface area (Å²) >= 11 is 3.95. The third-order valence-electron chi connectivity index (χ3n) is 3.67. The maximum Gasteiger partial charge on any atom is 0.258 e. The lowest BCUT2D eigenvalue weighted by molar-refractivity contribution is -0.129. The molecule has 1 aromatic carbocycles. The number of amides is 2. The Morgan fingerprint density at radius 1 is 1.24 bits per heavy atom. The quantitative estimate of drug-likeness (QED) is 0.723. The van der Waals surface area contributed by atoms with Crippen LogP contribution in [0.3, 0.4) is 0 Å². The van der Waals surface area contributed by atoms with E-state index in [1.54, 1.807) is 6.92 Å². The third kappa shape index (κ3) is 6.82. The summed E-state index contributed by atoms with van der Waals surface area (Å²) in [5.74, 6) is 2.59. The normalized spacial score (nSPS) is 16.1. The third-order valence-corrected chi connectivity index (χ3v) is 6.68. The molecule has 138 valence electrons. The van der Waals surface area contributed by atoms with E-state index in [1.165, 1.54) is 23.5 Å². The molecule has 25 heavy (non-hydrogen) atoms. The van der Waals surface area contributed by atoms with Crippen molar-refractivity contribution in [2.24, 2.45) is 0 Å². The molecule has 1 aliphatic rings. The van der Waals surface area contributed by atoms with Gasteiger partial charge in [0.1, 0.15) is 11.8 Å². The lowest BCUT2D eigenvalue weighted by Gasteiger charge is -2.21. The van der Waals surface area contributed by atoms with Crippen LogP contribution in [0.4, 0.5) is 0 Å². The number of nitrogens with one attached hydrogen (secondary N) is 2. The Kier molecular flexibility index (Phi) is 8.48. The molecule has 5 nitrogen and oxygen atoms in total. The van der Waals surface area contributed by atoms with Crippen molar-refractivity contribution in [3.8, 4) is 5.75 Å². The molecule has 1 heterocycles. The zero-order valence-electron chi connectivity index (χ0n) is 14.7. The number of hydrogen-bond acceptors (Lipinski definition) is 5. The average molecular weight is 383 g/mol. The second-order valence-corrected chi connectivity index (χ2v) is 8.59. The summed E-state index contributed by atoms with van der Waals surface area (Å²) in [5.41, 5.74) is 1.28. The minimum Gasteiger partial charge on any atom is -0.484 e. The SMILES string of the molecule is CCCNC(=O)C(C)NC(=O)COc1ccc(C2SCCCS2)cc1. The Labute approximate surface area is 158 Å². The molecule has 1 atom stereocenters. The molecule has 2 amide bonds. The topological polar surface area (TPSA) is 67.4 Å². The Balaban J connectivity index is 1.74. The summed E-state index contributed by atoms with van der Waals surface area (Å²) in [7, 11) is 0. The van der Waals surface area contributed by atoms with Crippen molar-refractivity contribution in [1.82, 2.24) is 10.6 Å². The van der Waals surface area contributed by atoms with Crippen LogP contribution in [0.1, 0.15) is 36.8 Å². The first kappa shape index (κ1) is 20.0. The van der Waals surface area contributed by atoms with E-state index in [1.807, 2.05) is 42.6 Å². The van der Waals surface area contributed by atoms with E-state index in [-0.39, 0.29) is 18.4 Å². The molecular formula is C18H26N2O3S2. The number of thioether (sulfide) groups is 2. The Morgan fingerprint density at radius 3 is 2.56 bits per heavy atom. The van der Waals surface area contributed by atoms with Crippen LogP contribution in [0.5, 0.6) is 5.75 Å². The number of carbonyl (C=O) groups is 2. The molecular weight excluding hydrogens is 356 g/mol. The maximum atomic E-state index is 11.9. The lowest BCUT2D eigenvalue weighted by Crippen LogP contribution is -2.46. The number of carbonyl (C=O) groups excluding carboxylic acids is 2. The maximum absolute atomic E-state index is 11.9. The molecule has 1 aromatic rings.